The molecule has 118 valence electrons. The molecule has 0 spiro atoms. The number of hydrogen-bond acceptors (Lipinski definition) is 2. The van der Waals surface area contributed by atoms with Crippen LogP contribution in [-0.4, -0.2) is 13.2 Å². The number of anilines is 2. The van der Waals surface area contributed by atoms with E-state index < -0.39 is 0 Å². The molecule has 0 N–H and O–H groups in total. The topological polar surface area (TPSA) is 6.48 Å². The zero-order chi connectivity index (χ0) is 14.9. The van der Waals surface area contributed by atoms with Gasteiger partial charge in [0.15, 0.2) is 0 Å². The first-order valence-corrected chi connectivity index (χ1v) is 7.92. The van der Waals surface area contributed by atoms with Crippen LogP contribution in [-0.2, 0) is 6.54 Å². The molecule has 0 aromatic heterocycles. The van der Waals surface area contributed by atoms with Crippen LogP contribution in [0.5, 0.6) is 0 Å². The minimum Gasteiger partial charge on any atom is -0.352 e. The highest BCUT2D eigenvalue weighted by molar-refractivity contribution is 8.93. The van der Waals surface area contributed by atoms with Crippen LogP contribution in [0.3, 0.4) is 0 Å². The maximum absolute atomic E-state index is 2.50. The molecule has 0 unspecified atom stereocenters. The van der Waals surface area contributed by atoms with Gasteiger partial charge in [-0.05, 0) is 23.9 Å². The lowest BCUT2D eigenvalue weighted by molar-refractivity contribution is 0.782. The molecule has 3 heteroatoms. The second-order valence-corrected chi connectivity index (χ2v) is 5.84. The minimum atomic E-state index is 0. The molecule has 0 saturated heterocycles. The third-order valence-corrected chi connectivity index (χ3v) is 4.48. The molecule has 0 fully saturated rings. The number of hydrogen-bond donors (Lipinski definition) is 0. The van der Waals surface area contributed by atoms with Crippen molar-refractivity contribution in [2.75, 3.05) is 23.0 Å². The Hall–Kier alpha value is -2.00. The number of benzene rings is 3. The highest BCUT2D eigenvalue weighted by Crippen LogP contribution is 2.42. The van der Waals surface area contributed by atoms with Gasteiger partial charge in [-0.15, -0.1) is 17.0 Å². The Bertz CT molecular complexity index is 801. The van der Waals surface area contributed by atoms with Crippen LogP contribution in [0.1, 0.15) is 12.5 Å². The molecule has 0 radical (unpaired) electrons. The number of nitrogens with zero attached hydrogens (tertiary/aromatic N) is 2. The molecule has 23 heavy (non-hydrogen) atoms. The summed E-state index contributed by atoms with van der Waals surface area (Å²) in [6.45, 7) is 5.19. The van der Waals surface area contributed by atoms with Crippen LogP contribution in [0, 0.1) is 0 Å². The van der Waals surface area contributed by atoms with Crippen molar-refractivity contribution < 1.29 is 0 Å². The molecule has 0 saturated carbocycles. The summed E-state index contributed by atoms with van der Waals surface area (Å²) in [6, 6.07) is 23.9. The summed E-state index contributed by atoms with van der Waals surface area (Å²) in [5.41, 5.74) is 4.10. The van der Waals surface area contributed by atoms with Crippen molar-refractivity contribution in [1.82, 2.24) is 0 Å². The maximum atomic E-state index is 2.50. The van der Waals surface area contributed by atoms with E-state index in [1.54, 1.807) is 0 Å². The van der Waals surface area contributed by atoms with E-state index in [0.29, 0.717) is 0 Å². The average Bonchev–Trinajstić information content (AvgIpc) is 2.94. The Morgan fingerprint density at radius 2 is 1.57 bits per heavy atom. The van der Waals surface area contributed by atoms with Gasteiger partial charge >= 0.3 is 0 Å². The van der Waals surface area contributed by atoms with Crippen molar-refractivity contribution in [3.05, 3.63) is 72.3 Å². The molecule has 1 heterocycles. The lowest BCUT2D eigenvalue weighted by atomic mass is 10.1. The van der Waals surface area contributed by atoms with E-state index in [2.05, 4.69) is 83.5 Å². The van der Waals surface area contributed by atoms with Crippen LogP contribution >= 0.6 is 17.0 Å². The van der Waals surface area contributed by atoms with Crippen molar-refractivity contribution in [3.8, 4) is 0 Å². The molecule has 1 aliphatic heterocycles. The minimum absolute atomic E-state index is 0. The lowest BCUT2D eigenvalue weighted by Gasteiger charge is -2.21. The molecule has 1 aliphatic rings. The summed E-state index contributed by atoms with van der Waals surface area (Å²) in [6.07, 6.45) is 0. The summed E-state index contributed by atoms with van der Waals surface area (Å²) in [7, 11) is 0. The molecule has 3 aromatic rings. The van der Waals surface area contributed by atoms with Gasteiger partial charge in [0.2, 0.25) is 0 Å². The fourth-order valence-electron chi connectivity index (χ4n) is 3.39. The van der Waals surface area contributed by atoms with Gasteiger partial charge in [0.25, 0.3) is 0 Å². The van der Waals surface area contributed by atoms with Gasteiger partial charge in [-0.2, -0.15) is 0 Å². The Kier molecular flexibility index (Phi) is 4.58. The normalized spacial score (nSPS) is 13.1. The highest BCUT2D eigenvalue weighted by atomic mass is 79.9. The molecule has 0 atom stereocenters. The van der Waals surface area contributed by atoms with E-state index in [0.717, 1.165) is 19.8 Å². The fourth-order valence-corrected chi connectivity index (χ4v) is 3.39. The average molecular weight is 369 g/mol. The standard InChI is InChI=1S/C20H20N2.BrH/c1-2-21-15-22(14-16-8-4-3-5-9-16)20-18-11-7-6-10-17(18)12-13-19(20)21;/h3-13H,2,14-15H2,1H3;1H. The van der Waals surface area contributed by atoms with Crippen LogP contribution in [0.25, 0.3) is 10.8 Å². The molecular weight excluding hydrogens is 348 g/mol. The van der Waals surface area contributed by atoms with E-state index in [4.69, 9.17) is 0 Å². The van der Waals surface area contributed by atoms with E-state index in [1.807, 2.05) is 0 Å². The van der Waals surface area contributed by atoms with Crippen LogP contribution in [0.4, 0.5) is 11.4 Å². The Morgan fingerprint density at radius 1 is 0.826 bits per heavy atom. The first-order valence-electron chi connectivity index (χ1n) is 7.92. The SMILES string of the molecule is Br.CCN1CN(Cc2ccccc2)c2c1ccc1ccccc21. The summed E-state index contributed by atoms with van der Waals surface area (Å²) in [5, 5.41) is 2.67. The third-order valence-electron chi connectivity index (χ3n) is 4.48. The van der Waals surface area contributed by atoms with E-state index in [9.17, 15) is 0 Å². The zero-order valence-corrected chi connectivity index (χ0v) is 15.0. The summed E-state index contributed by atoms with van der Waals surface area (Å²) < 4.78 is 0. The number of halogens is 1. The largest absolute Gasteiger partial charge is 0.352 e. The van der Waals surface area contributed by atoms with Gasteiger partial charge in [0.05, 0.1) is 18.0 Å². The fraction of sp³-hybridized carbons (Fsp3) is 0.200. The third kappa shape index (κ3) is 2.81. The van der Waals surface area contributed by atoms with Gasteiger partial charge in [0.1, 0.15) is 0 Å². The van der Waals surface area contributed by atoms with Crippen molar-refractivity contribution in [2.45, 2.75) is 13.5 Å². The van der Waals surface area contributed by atoms with Crippen molar-refractivity contribution in [3.63, 3.8) is 0 Å². The Balaban J connectivity index is 0.00000156. The monoisotopic (exact) mass is 368 g/mol. The van der Waals surface area contributed by atoms with Crippen molar-refractivity contribution in [2.24, 2.45) is 0 Å². The molecule has 0 aliphatic carbocycles. The summed E-state index contributed by atoms with van der Waals surface area (Å²) in [4.78, 5) is 4.95. The van der Waals surface area contributed by atoms with Gasteiger partial charge in [-0.1, -0.05) is 60.7 Å². The van der Waals surface area contributed by atoms with E-state index in [1.165, 1.54) is 27.7 Å². The molecule has 3 aromatic carbocycles. The van der Waals surface area contributed by atoms with Crippen molar-refractivity contribution in [1.29, 1.82) is 0 Å². The second-order valence-electron chi connectivity index (χ2n) is 5.84. The predicted octanol–water partition coefficient (Wildman–Crippen LogP) is 5.22. The van der Waals surface area contributed by atoms with E-state index in [-0.39, 0.29) is 17.0 Å². The van der Waals surface area contributed by atoms with E-state index >= 15 is 0 Å². The quantitative estimate of drug-likeness (QED) is 0.624. The van der Waals surface area contributed by atoms with Crippen LogP contribution in [0.2, 0.25) is 0 Å². The molecule has 0 bridgehead atoms. The van der Waals surface area contributed by atoms with Gasteiger partial charge in [0, 0.05) is 18.5 Å². The Labute approximate surface area is 148 Å². The van der Waals surface area contributed by atoms with Crippen LogP contribution in [0.15, 0.2) is 66.7 Å². The lowest BCUT2D eigenvalue weighted by Crippen LogP contribution is -2.30. The molecule has 4 rings (SSSR count). The molecular formula is C20H21BrN2. The molecule has 0 amide bonds. The zero-order valence-electron chi connectivity index (χ0n) is 13.3. The van der Waals surface area contributed by atoms with Gasteiger partial charge in [-0.25, -0.2) is 0 Å². The summed E-state index contributed by atoms with van der Waals surface area (Å²) >= 11 is 0. The smallest absolute Gasteiger partial charge is 0.0907 e. The highest BCUT2D eigenvalue weighted by Gasteiger charge is 2.26. The predicted molar refractivity (Wildman–Crippen MR) is 105 cm³/mol. The number of rotatable bonds is 3. The first-order chi connectivity index (χ1) is 10.9. The first kappa shape index (κ1) is 15.9. The van der Waals surface area contributed by atoms with Crippen molar-refractivity contribution >= 4 is 39.1 Å². The second kappa shape index (κ2) is 6.63. The van der Waals surface area contributed by atoms with Crippen LogP contribution < -0.4 is 9.80 Å². The molecule has 2 nitrogen and oxygen atoms in total. The van der Waals surface area contributed by atoms with Gasteiger partial charge < -0.3 is 9.80 Å². The van der Waals surface area contributed by atoms with Gasteiger partial charge in [-0.3, -0.25) is 0 Å². The summed E-state index contributed by atoms with van der Waals surface area (Å²) in [5.74, 6) is 0. The maximum Gasteiger partial charge on any atom is 0.0907 e. The Morgan fingerprint density at radius 3 is 2.35 bits per heavy atom. The number of fused-ring (bicyclic) bond motifs is 3.